The summed E-state index contributed by atoms with van der Waals surface area (Å²) in [5.41, 5.74) is -0.00373. The third-order valence-electron chi connectivity index (χ3n) is 7.72. The van der Waals surface area contributed by atoms with Gasteiger partial charge in [0.15, 0.2) is 11.3 Å². The highest BCUT2D eigenvalue weighted by molar-refractivity contribution is 6.00. The van der Waals surface area contributed by atoms with Crippen molar-refractivity contribution in [2.45, 2.75) is 39.0 Å². The Morgan fingerprint density at radius 2 is 1.93 bits per heavy atom. The zero-order valence-corrected chi connectivity index (χ0v) is 24.3. The summed E-state index contributed by atoms with van der Waals surface area (Å²) in [4.78, 5) is 26.4. The molecular weight excluding hydrogens is 565 g/mol. The zero-order chi connectivity index (χ0) is 30.9. The third kappa shape index (κ3) is 5.74. The monoisotopic (exact) mass is 598 g/mol. The molecule has 4 heterocycles. The number of nitrogens with zero attached hydrogens (tertiary/aromatic N) is 6. The molecule has 0 unspecified atom stereocenters. The number of benzene rings is 1. The molecule has 1 aliphatic rings. The average Bonchev–Trinajstić information content (AvgIpc) is 3.40. The number of alkyl halides is 3. The summed E-state index contributed by atoms with van der Waals surface area (Å²) in [5, 5.41) is 14.3. The van der Waals surface area contributed by atoms with Crippen LogP contribution in [-0.2, 0) is 6.18 Å². The number of piperazine rings is 1. The number of hydrogen-bond donors (Lipinski definition) is 1. The van der Waals surface area contributed by atoms with E-state index in [0.717, 1.165) is 11.8 Å². The number of fused-ring (bicyclic) bond motifs is 1. The number of aliphatic hydroxyl groups is 1. The molecule has 1 aliphatic heterocycles. The Hall–Kier alpha value is -4.23. The van der Waals surface area contributed by atoms with Crippen LogP contribution in [0.1, 0.15) is 47.1 Å². The molecule has 0 aliphatic carbocycles. The van der Waals surface area contributed by atoms with Gasteiger partial charge in [-0.05, 0) is 51.1 Å². The number of carbonyl (C=O) groups excluding carboxylic acids is 1. The summed E-state index contributed by atoms with van der Waals surface area (Å²) in [7, 11) is 1.50. The standard InChI is InChI=1S/C30H33F3N6O4/c1-5-43-28-22(7-6-12-34-28)24(17-40)37-13-14-38(18(2)16-37)29(41)23-15-35-39-26(30(31,32)33)19(3)25(36-27(23)39)20-8-10-21(42-4)11-9-20/h6-12,15,18,24,40H,5,13-14,16-17H2,1-4H3/t18-,24+/m1/s1. The molecule has 0 radical (unpaired) electrons. The Labute approximate surface area is 246 Å². The van der Waals surface area contributed by atoms with Crippen LogP contribution in [-0.4, -0.2) is 86.4 Å². The number of aromatic nitrogens is 4. The van der Waals surface area contributed by atoms with Crippen LogP contribution in [0.2, 0.25) is 0 Å². The molecule has 5 rings (SSSR count). The van der Waals surface area contributed by atoms with Crippen LogP contribution in [0.5, 0.6) is 11.6 Å². The first-order chi connectivity index (χ1) is 20.6. The maximum atomic E-state index is 14.3. The Bertz CT molecular complexity index is 1610. The normalized spacial score (nSPS) is 16.8. The second-order valence-electron chi connectivity index (χ2n) is 10.3. The molecule has 228 valence electrons. The Morgan fingerprint density at radius 1 is 1.19 bits per heavy atom. The van der Waals surface area contributed by atoms with Crippen LogP contribution in [0.4, 0.5) is 13.2 Å². The van der Waals surface area contributed by atoms with Crippen LogP contribution >= 0.6 is 0 Å². The minimum Gasteiger partial charge on any atom is -0.497 e. The predicted molar refractivity (Wildman–Crippen MR) is 152 cm³/mol. The second-order valence-corrected chi connectivity index (χ2v) is 10.3. The second kappa shape index (κ2) is 12.2. The smallest absolute Gasteiger partial charge is 0.433 e. The number of halogens is 3. The molecule has 1 amide bonds. The first-order valence-electron chi connectivity index (χ1n) is 13.9. The third-order valence-corrected chi connectivity index (χ3v) is 7.72. The average molecular weight is 599 g/mol. The number of rotatable bonds is 8. The van der Waals surface area contributed by atoms with E-state index in [-0.39, 0.29) is 41.7 Å². The van der Waals surface area contributed by atoms with E-state index in [1.54, 1.807) is 41.4 Å². The zero-order valence-electron chi connectivity index (χ0n) is 24.3. The molecule has 0 spiro atoms. The number of amides is 1. The van der Waals surface area contributed by atoms with E-state index in [1.807, 2.05) is 19.9 Å². The highest BCUT2D eigenvalue weighted by Gasteiger charge is 2.40. The maximum absolute atomic E-state index is 14.3. The molecule has 43 heavy (non-hydrogen) atoms. The van der Waals surface area contributed by atoms with Gasteiger partial charge in [-0.15, -0.1) is 0 Å². The van der Waals surface area contributed by atoms with E-state index in [1.165, 1.54) is 14.0 Å². The molecule has 1 N–H and O–H groups in total. The van der Waals surface area contributed by atoms with Crippen LogP contribution in [0.15, 0.2) is 48.8 Å². The van der Waals surface area contributed by atoms with Crippen molar-refractivity contribution in [1.82, 2.24) is 29.4 Å². The van der Waals surface area contributed by atoms with Gasteiger partial charge in [0.2, 0.25) is 5.88 Å². The Morgan fingerprint density at radius 3 is 2.56 bits per heavy atom. The largest absolute Gasteiger partial charge is 0.497 e. The van der Waals surface area contributed by atoms with Crippen molar-refractivity contribution >= 4 is 11.6 Å². The molecule has 1 aromatic carbocycles. The van der Waals surface area contributed by atoms with Gasteiger partial charge < -0.3 is 19.5 Å². The molecule has 0 bridgehead atoms. The molecule has 0 saturated carbocycles. The van der Waals surface area contributed by atoms with Crippen LogP contribution in [0, 0.1) is 6.92 Å². The molecule has 10 nitrogen and oxygen atoms in total. The van der Waals surface area contributed by atoms with Gasteiger partial charge in [0.05, 0.1) is 38.3 Å². The summed E-state index contributed by atoms with van der Waals surface area (Å²) in [5.74, 6) is 0.522. The fourth-order valence-corrected chi connectivity index (χ4v) is 5.64. The molecule has 4 aromatic rings. The fraction of sp³-hybridized carbons (Fsp3) is 0.400. The van der Waals surface area contributed by atoms with Crippen LogP contribution in [0.3, 0.4) is 0 Å². The van der Waals surface area contributed by atoms with Gasteiger partial charge in [0.25, 0.3) is 5.91 Å². The van der Waals surface area contributed by atoms with Crippen molar-refractivity contribution in [2.24, 2.45) is 0 Å². The summed E-state index contributed by atoms with van der Waals surface area (Å²) in [6.07, 6.45) is -1.97. The Balaban J connectivity index is 1.47. The number of methoxy groups -OCH3 is 1. The summed E-state index contributed by atoms with van der Waals surface area (Å²) in [6.45, 7) is 6.40. The number of aliphatic hydroxyl groups excluding tert-OH is 1. The maximum Gasteiger partial charge on any atom is 0.433 e. The minimum absolute atomic E-state index is 0.0230. The van der Waals surface area contributed by atoms with Gasteiger partial charge in [-0.3, -0.25) is 9.69 Å². The van der Waals surface area contributed by atoms with Crippen molar-refractivity contribution in [3.05, 3.63) is 71.2 Å². The van der Waals surface area contributed by atoms with Gasteiger partial charge in [-0.1, -0.05) is 6.07 Å². The van der Waals surface area contributed by atoms with Gasteiger partial charge in [-0.25, -0.2) is 14.5 Å². The number of pyridine rings is 1. The van der Waals surface area contributed by atoms with Gasteiger partial charge in [0, 0.05) is 48.6 Å². The van der Waals surface area contributed by atoms with E-state index < -0.39 is 23.8 Å². The van der Waals surface area contributed by atoms with Crippen molar-refractivity contribution < 1.29 is 32.5 Å². The predicted octanol–water partition coefficient (Wildman–Crippen LogP) is 4.41. The lowest BCUT2D eigenvalue weighted by molar-refractivity contribution is -0.143. The topological polar surface area (TPSA) is 105 Å². The molecule has 1 saturated heterocycles. The van der Waals surface area contributed by atoms with Gasteiger partial charge >= 0.3 is 6.18 Å². The first kappa shape index (κ1) is 30.2. The Kier molecular flexibility index (Phi) is 8.56. The van der Waals surface area contributed by atoms with Crippen molar-refractivity contribution in [1.29, 1.82) is 0 Å². The van der Waals surface area contributed by atoms with E-state index >= 15 is 0 Å². The van der Waals surface area contributed by atoms with Crippen LogP contribution in [0.25, 0.3) is 16.9 Å². The number of ether oxygens (including phenoxy) is 2. The lowest BCUT2D eigenvalue weighted by Gasteiger charge is -2.43. The van der Waals surface area contributed by atoms with E-state index in [2.05, 4.69) is 20.0 Å². The quantitative estimate of drug-likeness (QED) is 0.318. The first-order valence-corrected chi connectivity index (χ1v) is 13.9. The summed E-state index contributed by atoms with van der Waals surface area (Å²) in [6, 6.07) is 9.43. The molecular formula is C30H33F3N6O4. The lowest BCUT2D eigenvalue weighted by atomic mass is 10.0. The van der Waals surface area contributed by atoms with Crippen molar-refractivity contribution in [3.8, 4) is 22.9 Å². The molecule has 13 heteroatoms. The highest BCUT2D eigenvalue weighted by Crippen LogP contribution is 2.37. The number of hydrogen-bond acceptors (Lipinski definition) is 8. The van der Waals surface area contributed by atoms with E-state index in [0.29, 0.717) is 41.4 Å². The van der Waals surface area contributed by atoms with Crippen molar-refractivity contribution in [3.63, 3.8) is 0 Å². The lowest BCUT2D eigenvalue weighted by Crippen LogP contribution is -2.55. The van der Waals surface area contributed by atoms with Crippen molar-refractivity contribution in [2.75, 3.05) is 40.0 Å². The summed E-state index contributed by atoms with van der Waals surface area (Å²) >= 11 is 0. The van der Waals surface area contributed by atoms with Gasteiger partial charge in [0.1, 0.15) is 11.3 Å². The van der Waals surface area contributed by atoms with Gasteiger partial charge in [-0.2, -0.15) is 18.3 Å². The van der Waals surface area contributed by atoms with E-state index in [4.69, 9.17) is 9.47 Å². The molecule has 2 atom stereocenters. The highest BCUT2D eigenvalue weighted by atomic mass is 19.4. The number of carbonyl (C=O) groups is 1. The summed E-state index contributed by atoms with van der Waals surface area (Å²) < 4.78 is 54.6. The minimum atomic E-state index is -4.75. The molecule has 1 fully saturated rings. The SMILES string of the molecule is CCOc1ncccc1[C@H](CO)N1CCN(C(=O)c2cnn3c(C(F)(F)F)c(C)c(-c4ccc(OC)cc4)nc23)[C@H](C)C1. The fourth-order valence-electron chi connectivity index (χ4n) is 5.64. The molecule has 3 aromatic heterocycles. The van der Waals surface area contributed by atoms with Crippen LogP contribution < -0.4 is 9.47 Å². The van der Waals surface area contributed by atoms with E-state index in [9.17, 15) is 23.1 Å².